The first-order chi connectivity index (χ1) is 10.0. The van der Waals surface area contributed by atoms with Crippen LogP contribution in [0.15, 0.2) is 0 Å². The van der Waals surface area contributed by atoms with Gasteiger partial charge in [-0.15, -0.1) is 0 Å². The number of hydrogen-bond donors (Lipinski definition) is 2. The van der Waals surface area contributed by atoms with E-state index in [1.165, 1.54) is 19.3 Å². The zero-order chi connectivity index (χ0) is 15.2. The molecule has 0 aliphatic heterocycles. The summed E-state index contributed by atoms with van der Waals surface area (Å²) >= 11 is 5.29. The van der Waals surface area contributed by atoms with Gasteiger partial charge in [0.2, 0.25) is 5.91 Å². The Hall–Kier alpha value is -0.640. The van der Waals surface area contributed by atoms with E-state index < -0.39 is 5.41 Å². The minimum absolute atomic E-state index is 0.109. The number of nitrogens with two attached hydrogens (primary N) is 1. The summed E-state index contributed by atoms with van der Waals surface area (Å²) in [5, 5.41) is 3.34. The molecule has 0 radical (unpaired) electrons. The van der Waals surface area contributed by atoms with Crippen molar-refractivity contribution in [3.63, 3.8) is 0 Å². The molecule has 3 rings (SSSR count). The predicted molar refractivity (Wildman–Crippen MR) is 88.8 cm³/mol. The van der Waals surface area contributed by atoms with Crippen LogP contribution in [0.4, 0.5) is 0 Å². The molecule has 3 saturated carbocycles. The molecule has 118 valence electrons. The van der Waals surface area contributed by atoms with Gasteiger partial charge in [-0.2, -0.15) is 0 Å². The number of hydrogen-bond acceptors (Lipinski definition) is 2. The summed E-state index contributed by atoms with van der Waals surface area (Å²) in [5.74, 6) is 3.39. The van der Waals surface area contributed by atoms with Crippen LogP contribution >= 0.6 is 12.2 Å². The molecule has 0 saturated heterocycles. The van der Waals surface area contributed by atoms with E-state index >= 15 is 0 Å². The van der Waals surface area contributed by atoms with Gasteiger partial charge < -0.3 is 11.1 Å². The van der Waals surface area contributed by atoms with Gasteiger partial charge in [-0.05, 0) is 55.8 Å². The third kappa shape index (κ3) is 2.30. The van der Waals surface area contributed by atoms with Crippen LogP contribution < -0.4 is 11.1 Å². The van der Waals surface area contributed by atoms with Gasteiger partial charge in [0.15, 0.2) is 0 Å². The maximum Gasteiger partial charge on any atom is 0.233 e. The molecule has 3 fully saturated rings. The summed E-state index contributed by atoms with van der Waals surface area (Å²) in [6.07, 6.45) is 7.59. The van der Waals surface area contributed by atoms with Crippen molar-refractivity contribution >= 4 is 23.1 Å². The highest BCUT2D eigenvalue weighted by molar-refractivity contribution is 7.80. The van der Waals surface area contributed by atoms with Crippen molar-refractivity contribution in [3.8, 4) is 0 Å². The van der Waals surface area contributed by atoms with E-state index in [9.17, 15) is 4.79 Å². The van der Waals surface area contributed by atoms with Gasteiger partial charge in [0.25, 0.3) is 0 Å². The Kier molecular flexibility index (Phi) is 4.02. The van der Waals surface area contributed by atoms with E-state index in [1.807, 2.05) is 0 Å². The quantitative estimate of drug-likeness (QED) is 0.711. The van der Waals surface area contributed by atoms with Gasteiger partial charge in [0.05, 0.1) is 10.4 Å². The average molecular weight is 308 g/mol. The molecule has 3 aliphatic rings. The fraction of sp³-hybridized carbons (Fsp3) is 0.882. The lowest BCUT2D eigenvalue weighted by atomic mass is 9.78. The number of nitrogens with one attached hydrogen (secondary N) is 1. The normalized spacial score (nSPS) is 36.4. The topological polar surface area (TPSA) is 55.1 Å². The van der Waals surface area contributed by atoms with Gasteiger partial charge in [0, 0.05) is 6.04 Å². The van der Waals surface area contributed by atoms with Crippen LogP contribution in [0.1, 0.15) is 58.8 Å². The van der Waals surface area contributed by atoms with Crippen molar-refractivity contribution in [1.29, 1.82) is 0 Å². The van der Waals surface area contributed by atoms with E-state index in [0.29, 0.717) is 11.0 Å². The Bertz CT molecular complexity index is 428. The molecule has 0 aromatic heterocycles. The van der Waals surface area contributed by atoms with E-state index in [4.69, 9.17) is 18.0 Å². The van der Waals surface area contributed by atoms with Gasteiger partial charge in [-0.25, -0.2) is 0 Å². The van der Waals surface area contributed by atoms with E-state index in [0.717, 1.165) is 49.4 Å². The molecule has 0 aromatic carbocycles. The van der Waals surface area contributed by atoms with E-state index in [1.54, 1.807) is 0 Å². The van der Waals surface area contributed by atoms with Crippen LogP contribution in [0.2, 0.25) is 0 Å². The van der Waals surface area contributed by atoms with Crippen molar-refractivity contribution in [1.82, 2.24) is 5.32 Å². The maximum absolute atomic E-state index is 12.9. The SMILES string of the molecule is CCCC(CCC)(C(=O)NC1C2C3CCC(C3)C12)C(N)=S. The van der Waals surface area contributed by atoms with Crippen molar-refractivity contribution < 1.29 is 4.79 Å². The van der Waals surface area contributed by atoms with Crippen molar-refractivity contribution in [2.45, 2.75) is 64.8 Å². The molecule has 3 N–H and O–H groups in total. The molecular formula is C17H28N2OS. The largest absolute Gasteiger partial charge is 0.392 e. The van der Waals surface area contributed by atoms with Crippen molar-refractivity contribution in [2.24, 2.45) is 34.8 Å². The molecule has 0 heterocycles. The summed E-state index contributed by atoms with van der Waals surface area (Å²) in [5.41, 5.74) is 5.38. The second kappa shape index (κ2) is 5.53. The third-order valence-electron chi connectivity index (χ3n) is 6.29. The van der Waals surface area contributed by atoms with Gasteiger partial charge >= 0.3 is 0 Å². The number of thiocarbonyl (C=S) groups is 1. The van der Waals surface area contributed by atoms with Crippen LogP contribution in [-0.2, 0) is 4.79 Å². The molecule has 0 aromatic rings. The standard InChI is InChI=1S/C17H28N2OS/c1-3-7-17(8-4-2,15(18)21)16(20)19-14-12-10-5-6-11(9-10)13(12)14/h10-14H,3-9H2,1-2H3,(H2,18,21)(H,19,20). The summed E-state index contributed by atoms with van der Waals surface area (Å²) in [4.78, 5) is 13.3. The minimum atomic E-state index is -0.616. The van der Waals surface area contributed by atoms with Crippen molar-refractivity contribution in [2.75, 3.05) is 0 Å². The minimum Gasteiger partial charge on any atom is -0.392 e. The monoisotopic (exact) mass is 308 g/mol. The zero-order valence-corrected chi connectivity index (χ0v) is 14.0. The number of rotatable bonds is 7. The molecule has 3 nitrogen and oxygen atoms in total. The number of fused-ring (bicyclic) bond motifs is 5. The highest BCUT2D eigenvalue weighted by atomic mass is 32.1. The highest BCUT2D eigenvalue weighted by Gasteiger charge is 2.65. The lowest BCUT2D eigenvalue weighted by Gasteiger charge is -2.31. The molecule has 21 heavy (non-hydrogen) atoms. The Morgan fingerprint density at radius 3 is 2.14 bits per heavy atom. The number of amides is 1. The Labute approximate surface area is 133 Å². The molecular weight excluding hydrogens is 280 g/mol. The molecule has 1 amide bonds. The summed E-state index contributed by atoms with van der Waals surface area (Å²) in [6, 6.07) is 0.422. The first-order valence-corrected chi connectivity index (χ1v) is 9.06. The number of carbonyl (C=O) groups excluding carboxylic acids is 1. The number of carbonyl (C=O) groups is 1. The lowest BCUT2D eigenvalue weighted by molar-refractivity contribution is -0.128. The second-order valence-corrected chi connectivity index (χ2v) is 7.87. The predicted octanol–water partition coefficient (Wildman–Crippen LogP) is 3.02. The Morgan fingerprint density at radius 1 is 1.19 bits per heavy atom. The van der Waals surface area contributed by atoms with Crippen molar-refractivity contribution in [3.05, 3.63) is 0 Å². The van der Waals surface area contributed by atoms with Crippen LogP contribution in [0.3, 0.4) is 0 Å². The Morgan fingerprint density at radius 2 is 1.71 bits per heavy atom. The van der Waals surface area contributed by atoms with Crippen LogP contribution in [0, 0.1) is 29.1 Å². The van der Waals surface area contributed by atoms with Crippen LogP contribution in [-0.4, -0.2) is 16.9 Å². The average Bonchev–Trinajstić information content (AvgIpc) is 2.84. The molecule has 2 bridgehead atoms. The van der Waals surface area contributed by atoms with Crippen LogP contribution in [0.5, 0.6) is 0 Å². The van der Waals surface area contributed by atoms with Gasteiger partial charge in [0.1, 0.15) is 0 Å². The van der Waals surface area contributed by atoms with Gasteiger partial charge in [-0.3, -0.25) is 4.79 Å². The Balaban J connectivity index is 1.69. The molecule has 3 aliphatic carbocycles. The lowest BCUT2D eigenvalue weighted by Crippen LogP contribution is -2.50. The van der Waals surface area contributed by atoms with Gasteiger partial charge in [-0.1, -0.05) is 38.9 Å². The van der Waals surface area contributed by atoms with E-state index in [2.05, 4.69) is 19.2 Å². The third-order valence-corrected chi connectivity index (χ3v) is 6.68. The summed E-state index contributed by atoms with van der Waals surface area (Å²) in [6.45, 7) is 4.20. The smallest absolute Gasteiger partial charge is 0.233 e. The summed E-state index contributed by atoms with van der Waals surface area (Å²) < 4.78 is 0. The van der Waals surface area contributed by atoms with Crippen LogP contribution in [0.25, 0.3) is 0 Å². The van der Waals surface area contributed by atoms with E-state index in [-0.39, 0.29) is 5.91 Å². The molecule has 4 unspecified atom stereocenters. The fourth-order valence-corrected chi connectivity index (χ4v) is 5.67. The zero-order valence-electron chi connectivity index (χ0n) is 13.2. The second-order valence-electron chi connectivity index (χ2n) is 7.43. The molecule has 4 atom stereocenters. The first kappa shape index (κ1) is 15.3. The molecule has 4 heteroatoms. The highest BCUT2D eigenvalue weighted by Crippen LogP contribution is 2.65. The first-order valence-electron chi connectivity index (χ1n) is 8.66. The maximum atomic E-state index is 12.9. The fourth-order valence-electron chi connectivity index (χ4n) is 5.37. The summed E-state index contributed by atoms with van der Waals surface area (Å²) in [7, 11) is 0. The molecule has 0 spiro atoms.